The number of ether oxygens (including phenoxy) is 1. The van der Waals surface area contributed by atoms with Gasteiger partial charge in [0, 0.05) is 37.8 Å². The lowest BCUT2D eigenvalue weighted by Gasteiger charge is -2.10. The highest BCUT2D eigenvalue weighted by Crippen LogP contribution is 2.29. The summed E-state index contributed by atoms with van der Waals surface area (Å²) in [5.74, 6) is -2.17. The molecule has 2 atom stereocenters. The molecule has 0 bridgehead atoms. The Kier molecular flexibility index (Phi) is 10.6. The number of amides is 1. The highest BCUT2D eigenvalue weighted by Gasteiger charge is 2.49. The van der Waals surface area contributed by atoms with Crippen LogP contribution in [0.2, 0.25) is 0 Å². The summed E-state index contributed by atoms with van der Waals surface area (Å²) in [6.45, 7) is 0.460. The van der Waals surface area contributed by atoms with Gasteiger partial charge in [-0.15, -0.1) is 0 Å². The minimum absolute atomic E-state index is 0.0526. The number of pyridine rings is 1. The molecule has 0 saturated heterocycles. The molecule has 1 amide bonds. The van der Waals surface area contributed by atoms with E-state index >= 15 is 0 Å². The van der Waals surface area contributed by atoms with Gasteiger partial charge in [-0.2, -0.15) is 8.42 Å². The first-order chi connectivity index (χ1) is 15.2. The summed E-state index contributed by atoms with van der Waals surface area (Å²) in [4.78, 5) is 51.4. The van der Waals surface area contributed by atoms with E-state index in [9.17, 15) is 27.6 Å². The molecular weight excluding hydrogens is 480 g/mol. The summed E-state index contributed by atoms with van der Waals surface area (Å²) in [5.41, 5.74) is 0. The molecule has 0 aromatic carbocycles. The van der Waals surface area contributed by atoms with E-state index in [4.69, 9.17) is 9.29 Å². The molecule has 1 aliphatic carbocycles. The van der Waals surface area contributed by atoms with Gasteiger partial charge < -0.3 is 10.1 Å². The highest BCUT2D eigenvalue weighted by molar-refractivity contribution is 8.76. The van der Waals surface area contributed by atoms with Crippen molar-refractivity contribution in [1.29, 1.82) is 0 Å². The van der Waals surface area contributed by atoms with Crippen LogP contribution in [0.4, 0.5) is 0 Å². The number of esters is 1. The van der Waals surface area contributed by atoms with E-state index in [-0.39, 0.29) is 12.3 Å². The zero-order chi connectivity index (χ0) is 23.6. The minimum Gasteiger partial charge on any atom is -0.446 e. The van der Waals surface area contributed by atoms with Crippen molar-refractivity contribution in [3.8, 4) is 0 Å². The second kappa shape index (κ2) is 12.9. The van der Waals surface area contributed by atoms with E-state index in [1.165, 1.54) is 10.8 Å². The Morgan fingerprint density at radius 2 is 1.97 bits per heavy atom. The maximum absolute atomic E-state index is 11.9. The number of unbranched alkanes of at least 4 members (excludes halogenated alkanes) is 2. The molecule has 0 spiro atoms. The van der Waals surface area contributed by atoms with Crippen LogP contribution in [0.25, 0.3) is 0 Å². The van der Waals surface area contributed by atoms with Gasteiger partial charge in [0.15, 0.2) is 11.0 Å². The van der Waals surface area contributed by atoms with Crippen molar-refractivity contribution in [3.63, 3.8) is 0 Å². The molecule has 2 unspecified atom stereocenters. The van der Waals surface area contributed by atoms with Crippen LogP contribution in [0.1, 0.15) is 38.5 Å². The van der Waals surface area contributed by atoms with Gasteiger partial charge >= 0.3 is 5.97 Å². The first-order valence-electron chi connectivity index (χ1n) is 9.88. The van der Waals surface area contributed by atoms with Crippen LogP contribution in [0.3, 0.4) is 0 Å². The topological polar surface area (TPSA) is 157 Å². The van der Waals surface area contributed by atoms with Gasteiger partial charge in [0.1, 0.15) is 5.03 Å². The van der Waals surface area contributed by atoms with Crippen molar-refractivity contribution in [1.82, 2.24) is 10.3 Å². The van der Waals surface area contributed by atoms with Crippen LogP contribution < -0.4 is 5.32 Å². The van der Waals surface area contributed by atoms with E-state index in [0.717, 1.165) is 5.03 Å². The van der Waals surface area contributed by atoms with E-state index < -0.39 is 45.4 Å². The number of carbonyl (C=O) groups excluding carboxylic acids is 4. The molecule has 1 heterocycles. The summed E-state index contributed by atoms with van der Waals surface area (Å²) in [7, 11) is -1.65. The molecule has 0 radical (unpaired) electrons. The minimum atomic E-state index is -4.71. The summed E-state index contributed by atoms with van der Waals surface area (Å²) >= 11 is 0. The van der Waals surface area contributed by atoms with Gasteiger partial charge in [-0.3, -0.25) is 23.7 Å². The summed E-state index contributed by atoms with van der Waals surface area (Å²) in [6, 6.07) is 5.63. The van der Waals surface area contributed by atoms with Gasteiger partial charge in [0.25, 0.3) is 10.1 Å². The molecule has 1 aromatic rings. The average molecular weight is 505 g/mol. The summed E-state index contributed by atoms with van der Waals surface area (Å²) < 4.78 is 35.9. The van der Waals surface area contributed by atoms with Crippen LogP contribution in [0, 0.1) is 0 Å². The molecule has 1 aliphatic rings. The van der Waals surface area contributed by atoms with Gasteiger partial charge in [-0.05, 0) is 35.8 Å². The lowest BCUT2D eigenvalue weighted by molar-refractivity contribution is -0.157. The van der Waals surface area contributed by atoms with Crippen LogP contribution in [0.5, 0.6) is 0 Å². The average Bonchev–Trinajstić information content (AvgIpc) is 3.03. The number of ketones is 2. The maximum Gasteiger partial charge on any atom is 0.306 e. The van der Waals surface area contributed by atoms with E-state index in [2.05, 4.69) is 10.3 Å². The van der Waals surface area contributed by atoms with E-state index in [1.807, 2.05) is 18.2 Å². The Balaban J connectivity index is 1.51. The first kappa shape index (κ1) is 26.3. The molecule has 1 aromatic heterocycles. The number of Topliss-reactive ketones (excluding diaryl/α,β-unsaturated/α-hetero) is 2. The number of aromatic nitrogens is 1. The Morgan fingerprint density at radius 3 is 2.62 bits per heavy atom. The zero-order valence-corrected chi connectivity index (χ0v) is 19.5. The number of hydrogen-bond acceptors (Lipinski definition) is 10. The summed E-state index contributed by atoms with van der Waals surface area (Å²) in [5, 5.41) is 1.81. The SMILES string of the molecule is O=C(CCSSc1ccccn1)NCCCCCC(=O)OC1C(=O)CC(S(=O)(=O)O)C1=O. The van der Waals surface area contributed by atoms with Gasteiger partial charge in [-0.25, -0.2) is 4.98 Å². The lowest BCUT2D eigenvalue weighted by Crippen LogP contribution is -2.33. The molecule has 2 N–H and O–H groups in total. The molecule has 2 rings (SSSR count). The molecular formula is C19H24N2O8S3. The Hall–Kier alpha value is -1.96. The third-order valence-electron chi connectivity index (χ3n) is 4.44. The van der Waals surface area contributed by atoms with Crippen molar-refractivity contribution in [3.05, 3.63) is 24.4 Å². The molecule has 176 valence electrons. The molecule has 13 heteroatoms. The number of hydrogen-bond donors (Lipinski definition) is 2. The highest BCUT2D eigenvalue weighted by atomic mass is 33.1. The van der Waals surface area contributed by atoms with Crippen molar-refractivity contribution in [2.75, 3.05) is 12.3 Å². The lowest BCUT2D eigenvalue weighted by atomic mass is 10.2. The third kappa shape index (κ3) is 8.88. The monoisotopic (exact) mass is 504 g/mol. The van der Waals surface area contributed by atoms with Crippen molar-refractivity contribution in [2.24, 2.45) is 0 Å². The molecule has 32 heavy (non-hydrogen) atoms. The number of rotatable bonds is 13. The Bertz CT molecular complexity index is 924. The van der Waals surface area contributed by atoms with Crippen molar-refractivity contribution < 1.29 is 36.9 Å². The van der Waals surface area contributed by atoms with E-state index in [1.54, 1.807) is 17.0 Å². The standard InChI is InChI=1S/C19H24N2O8S3/c22-13-12-14(32(26,27)28)18(25)19(13)29-17(24)7-2-1-4-9-20-15(23)8-11-30-31-16-6-3-5-10-21-16/h3,5-6,10,14,19H,1-2,4,7-9,11-12H2,(H,20,23)(H,26,27,28). The second-order valence-corrected chi connectivity index (χ2v) is 11.0. The molecule has 0 aliphatic heterocycles. The molecule has 1 saturated carbocycles. The van der Waals surface area contributed by atoms with Crippen LogP contribution in [-0.2, 0) is 34.0 Å². The van der Waals surface area contributed by atoms with Crippen LogP contribution in [-0.4, -0.2) is 65.0 Å². The predicted octanol–water partition coefficient (Wildman–Crippen LogP) is 1.60. The normalized spacial score (nSPS) is 18.5. The Morgan fingerprint density at radius 1 is 1.19 bits per heavy atom. The Labute approximate surface area is 193 Å². The smallest absolute Gasteiger partial charge is 0.306 e. The van der Waals surface area contributed by atoms with Gasteiger partial charge in [0.05, 0.1) is 0 Å². The van der Waals surface area contributed by atoms with E-state index in [0.29, 0.717) is 38.0 Å². The zero-order valence-electron chi connectivity index (χ0n) is 17.1. The fourth-order valence-corrected chi connectivity index (χ4v) is 5.47. The quantitative estimate of drug-likeness (QED) is 0.132. The third-order valence-corrected chi connectivity index (χ3v) is 7.82. The van der Waals surface area contributed by atoms with Crippen molar-refractivity contribution in [2.45, 2.75) is 54.9 Å². The largest absolute Gasteiger partial charge is 0.446 e. The van der Waals surface area contributed by atoms with Crippen molar-refractivity contribution >= 4 is 55.1 Å². The number of carbonyl (C=O) groups is 4. The van der Waals surface area contributed by atoms with Gasteiger partial charge in [-0.1, -0.05) is 23.3 Å². The van der Waals surface area contributed by atoms with Crippen LogP contribution >= 0.6 is 21.6 Å². The summed E-state index contributed by atoms with van der Waals surface area (Å²) in [6.07, 6.45) is 1.23. The fourth-order valence-electron chi connectivity index (χ4n) is 2.80. The number of nitrogens with zero attached hydrogens (tertiary/aromatic N) is 1. The van der Waals surface area contributed by atoms with Crippen LogP contribution in [0.15, 0.2) is 29.4 Å². The predicted molar refractivity (Wildman–Crippen MR) is 118 cm³/mol. The molecule has 1 fully saturated rings. The maximum atomic E-state index is 11.9. The molecule has 10 nitrogen and oxygen atoms in total. The fraction of sp³-hybridized carbons (Fsp3) is 0.526. The second-order valence-electron chi connectivity index (χ2n) is 6.93. The van der Waals surface area contributed by atoms with Gasteiger partial charge in [0.2, 0.25) is 17.8 Å². The first-order valence-corrected chi connectivity index (χ1v) is 13.7. The number of nitrogens with one attached hydrogen (secondary N) is 1.